The number of fused-ring (bicyclic) bond motifs is 3. The number of nitrogens with one attached hydrogen (secondary N) is 1. The van der Waals surface area contributed by atoms with Crippen molar-refractivity contribution in [2.24, 2.45) is 0 Å². The molecule has 0 heterocycles. The van der Waals surface area contributed by atoms with E-state index in [9.17, 15) is 14.4 Å². The Morgan fingerprint density at radius 3 is 2.15 bits per heavy atom. The van der Waals surface area contributed by atoms with Gasteiger partial charge in [0.05, 0.1) is 6.42 Å². The molecule has 0 aromatic heterocycles. The summed E-state index contributed by atoms with van der Waals surface area (Å²) >= 11 is 0. The van der Waals surface area contributed by atoms with E-state index < -0.39 is 12.1 Å². The summed E-state index contributed by atoms with van der Waals surface area (Å²) in [6, 6.07) is 16.4. The minimum Gasteiger partial charge on any atom is -0.481 e. The molecule has 182 valence electrons. The van der Waals surface area contributed by atoms with E-state index >= 15 is 0 Å². The number of benzene rings is 2. The number of hydrogen-bond acceptors (Lipinski definition) is 4. The highest BCUT2D eigenvalue weighted by Crippen LogP contribution is 2.44. The molecule has 1 aliphatic carbocycles. The van der Waals surface area contributed by atoms with E-state index in [0.29, 0.717) is 19.4 Å². The van der Waals surface area contributed by atoms with E-state index in [0.717, 1.165) is 12.8 Å². The maximum Gasteiger partial charge on any atom is 0.407 e. The second-order valence-electron chi connectivity index (χ2n) is 8.89. The Balaban J connectivity index is 1.35. The molecule has 0 spiro atoms. The number of carboxylic acid groups (broad SMARTS) is 1. The Bertz CT molecular complexity index is 959. The molecule has 0 saturated heterocycles. The number of amides is 2. The Labute approximate surface area is 201 Å². The van der Waals surface area contributed by atoms with Gasteiger partial charge in [-0.25, -0.2) is 4.79 Å². The van der Waals surface area contributed by atoms with Gasteiger partial charge in [0, 0.05) is 31.5 Å². The maximum absolute atomic E-state index is 12.4. The third-order valence-electron chi connectivity index (χ3n) is 6.19. The van der Waals surface area contributed by atoms with Gasteiger partial charge < -0.3 is 20.1 Å². The first-order valence-corrected chi connectivity index (χ1v) is 12.0. The van der Waals surface area contributed by atoms with Gasteiger partial charge in [0.15, 0.2) is 0 Å². The molecule has 34 heavy (non-hydrogen) atoms. The Morgan fingerprint density at radius 2 is 1.56 bits per heavy atom. The summed E-state index contributed by atoms with van der Waals surface area (Å²) < 4.78 is 5.53. The molecule has 0 fully saturated rings. The zero-order valence-electron chi connectivity index (χ0n) is 20.0. The summed E-state index contributed by atoms with van der Waals surface area (Å²) in [7, 11) is 0. The van der Waals surface area contributed by atoms with Gasteiger partial charge >= 0.3 is 12.1 Å². The van der Waals surface area contributed by atoms with E-state index in [1.165, 1.54) is 22.3 Å². The lowest BCUT2D eigenvalue weighted by Crippen LogP contribution is -2.38. The van der Waals surface area contributed by atoms with Gasteiger partial charge in [-0.1, -0.05) is 55.0 Å². The van der Waals surface area contributed by atoms with Crippen molar-refractivity contribution >= 4 is 18.0 Å². The fourth-order valence-corrected chi connectivity index (χ4v) is 4.45. The predicted molar refractivity (Wildman–Crippen MR) is 131 cm³/mol. The highest BCUT2D eigenvalue weighted by Gasteiger charge is 2.28. The molecule has 0 atom stereocenters. The first-order valence-electron chi connectivity index (χ1n) is 12.0. The van der Waals surface area contributed by atoms with Crippen molar-refractivity contribution in [2.75, 3.05) is 19.7 Å². The quantitative estimate of drug-likeness (QED) is 0.438. The second kappa shape index (κ2) is 12.2. The topological polar surface area (TPSA) is 95.9 Å². The lowest BCUT2D eigenvalue weighted by Gasteiger charge is -2.26. The molecular weight excluding hydrogens is 432 g/mol. The number of aliphatic carboxylic acids is 1. The lowest BCUT2D eigenvalue weighted by molar-refractivity contribution is -0.139. The average molecular weight is 467 g/mol. The van der Waals surface area contributed by atoms with Crippen molar-refractivity contribution in [3.63, 3.8) is 0 Å². The Hall–Kier alpha value is -3.35. The van der Waals surface area contributed by atoms with Crippen molar-refractivity contribution in [3.05, 3.63) is 59.7 Å². The van der Waals surface area contributed by atoms with Crippen LogP contribution < -0.4 is 5.32 Å². The lowest BCUT2D eigenvalue weighted by atomic mass is 9.98. The molecular formula is C27H34N2O5. The van der Waals surface area contributed by atoms with Gasteiger partial charge in [0.1, 0.15) is 6.61 Å². The number of nitrogens with zero attached hydrogens (tertiary/aromatic N) is 1. The van der Waals surface area contributed by atoms with Gasteiger partial charge in [-0.3, -0.25) is 9.59 Å². The van der Waals surface area contributed by atoms with Crippen LogP contribution in [0.2, 0.25) is 0 Å². The molecule has 0 saturated carbocycles. The van der Waals surface area contributed by atoms with E-state index in [1.54, 1.807) is 4.90 Å². The fraction of sp³-hybridized carbons (Fsp3) is 0.444. The number of alkyl carbamates (subject to hydrolysis) is 1. The van der Waals surface area contributed by atoms with Crippen molar-refractivity contribution in [2.45, 2.75) is 57.9 Å². The van der Waals surface area contributed by atoms with Gasteiger partial charge in [-0.15, -0.1) is 0 Å². The van der Waals surface area contributed by atoms with Crippen LogP contribution in [-0.4, -0.2) is 53.7 Å². The van der Waals surface area contributed by atoms with Crippen LogP contribution in [0.4, 0.5) is 4.79 Å². The zero-order valence-corrected chi connectivity index (χ0v) is 20.0. The molecule has 1 aliphatic rings. The van der Waals surface area contributed by atoms with Crippen molar-refractivity contribution in [1.29, 1.82) is 0 Å². The molecule has 2 amide bonds. The molecule has 2 N–H and O–H groups in total. The Kier molecular flexibility index (Phi) is 9.08. The largest absolute Gasteiger partial charge is 0.481 e. The molecule has 2 aromatic rings. The van der Waals surface area contributed by atoms with Crippen LogP contribution in [-0.2, 0) is 14.3 Å². The minimum absolute atomic E-state index is 0.0258. The van der Waals surface area contributed by atoms with E-state index in [2.05, 4.69) is 29.6 Å². The third kappa shape index (κ3) is 6.59. The molecule has 7 nitrogen and oxygen atoms in total. The molecule has 0 bridgehead atoms. The Morgan fingerprint density at radius 1 is 0.941 bits per heavy atom. The van der Waals surface area contributed by atoms with Crippen LogP contribution in [0.5, 0.6) is 0 Å². The van der Waals surface area contributed by atoms with Crippen LogP contribution in [0.1, 0.15) is 63.0 Å². The summed E-state index contributed by atoms with van der Waals surface area (Å²) in [5.41, 5.74) is 4.75. The van der Waals surface area contributed by atoms with Crippen molar-refractivity contribution < 1.29 is 24.2 Å². The van der Waals surface area contributed by atoms with Crippen LogP contribution in [0.3, 0.4) is 0 Å². The highest BCUT2D eigenvalue weighted by molar-refractivity contribution is 5.79. The third-order valence-corrected chi connectivity index (χ3v) is 6.19. The summed E-state index contributed by atoms with van der Waals surface area (Å²) in [6.45, 7) is 4.78. The first-order chi connectivity index (χ1) is 16.4. The fourth-order valence-electron chi connectivity index (χ4n) is 4.45. The number of carbonyl (C=O) groups excluding carboxylic acids is 2. The first kappa shape index (κ1) is 25.3. The average Bonchev–Trinajstić information content (AvgIpc) is 3.13. The number of rotatable bonds is 12. The highest BCUT2D eigenvalue weighted by atomic mass is 16.5. The van der Waals surface area contributed by atoms with Gasteiger partial charge in [-0.2, -0.15) is 0 Å². The number of unbranched alkanes of at least 4 members (excludes halogenated alkanes) is 2. The van der Waals surface area contributed by atoms with Crippen molar-refractivity contribution in [1.82, 2.24) is 10.2 Å². The summed E-state index contributed by atoms with van der Waals surface area (Å²) in [5, 5.41) is 11.6. The maximum atomic E-state index is 12.4. The normalized spacial score (nSPS) is 12.2. The van der Waals surface area contributed by atoms with Crippen LogP contribution in [0.25, 0.3) is 11.1 Å². The minimum atomic E-state index is -0.905. The zero-order chi connectivity index (χ0) is 24.5. The molecule has 3 rings (SSSR count). The molecule has 0 radical (unpaired) electrons. The van der Waals surface area contributed by atoms with E-state index in [-0.39, 0.29) is 37.4 Å². The van der Waals surface area contributed by atoms with E-state index in [1.807, 2.05) is 38.1 Å². The molecule has 0 unspecified atom stereocenters. The summed E-state index contributed by atoms with van der Waals surface area (Å²) in [4.78, 5) is 37.0. The number of carbonyl (C=O) groups is 3. The molecule has 0 aliphatic heterocycles. The predicted octanol–water partition coefficient (Wildman–Crippen LogP) is 4.80. The molecule has 7 heteroatoms. The monoisotopic (exact) mass is 466 g/mol. The number of carboxylic acids is 1. The van der Waals surface area contributed by atoms with Crippen LogP contribution >= 0.6 is 0 Å². The second-order valence-corrected chi connectivity index (χ2v) is 8.89. The van der Waals surface area contributed by atoms with Crippen molar-refractivity contribution in [3.8, 4) is 11.1 Å². The van der Waals surface area contributed by atoms with E-state index in [4.69, 9.17) is 9.84 Å². The summed E-state index contributed by atoms with van der Waals surface area (Å²) in [5.74, 6) is -0.896. The number of hydrogen-bond donors (Lipinski definition) is 2. The van der Waals surface area contributed by atoms with Gasteiger partial charge in [0.2, 0.25) is 5.91 Å². The SMILES string of the molecule is CC(C)N(CCC(=O)O)C(=O)CCCCCNC(=O)OCC1c2ccccc2-c2ccccc21. The summed E-state index contributed by atoms with van der Waals surface area (Å²) in [6.07, 6.45) is 2.13. The van der Waals surface area contributed by atoms with Crippen LogP contribution in [0.15, 0.2) is 48.5 Å². The van der Waals surface area contributed by atoms with Crippen LogP contribution in [0, 0.1) is 0 Å². The van der Waals surface area contributed by atoms with Gasteiger partial charge in [-0.05, 0) is 48.9 Å². The number of ether oxygens (including phenoxy) is 1. The molecule has 2 aromatic carbocycles. The van der Waals surface area contributed by atoms with Gasteiger partial charge in [0.25, 0.3) is 0 Å². The smallest absolute Gasteiger partial charge is 0.407 e. The standard InChI is InChI=1S/C27H34N2O5/c1-19(2)29(17-15-26(31)32)25(30)14-4-3-9-16-28-27(33)34-18-24-22-12-7-5-10-20(22)21-11-6-8-13-23(21)24/h5-8,10-13,19,24H,3-4,9,14-18H2,1-2H3,(H,28,33)(H,31,32).